The summed E-state index contributed by atoms with van der Waals surface area (Å²) in [6.45, 7) is 3.37. The molecule has 1 aromatic heterocycles. The van der Waals surface area contributed by atoms with E-state index in [4.69, 9.17) is 5.73 Å². The summed E-state index contributed by atoms with van der Waals surface area (Å²) < 4.78 is 1.81. The van der Waals surface area contributed by atoms with Crippen molar-refractivity contribution in [2.24, 2.45) is 12.8 Å². The van der Waals surface area contributed by atoms with Crippen LogP contribution in [0.4, 0.5) is 0 Å². The van der Waals surface area contributed by atoms with Gasteiger partial charge < -0.3 is 10.6 Å². The van der Waals surface area contributed by atoms with Gasteiger partial charge in [0, 0.05) is 31.4 Å². The van der Waals surface area contributed by atoms with E-state index < -0.39 is 0 Å². The molecule has 1 aliphatic heterocycles. The van der Waals surface area contributed by atoms with Gasteiger partial charge in [-0.25, -0.2) is 0 Å². The average molecular weight is 281 g/mol. The zero-order chi connectivity index (χ0) is 10.7. The maximum Gasteiger partial charge on any atom is 0.0537 e. The highest BCUT2D eigenvalue weighted by molar-refractivity contribution is 5.85. The van der Waals surface area contributed by atoms with Crippen LogP contribution in [-0.4, -0.2) is 34.3 Å². The van der Waals surface area contributed by atoms with E-state index in [-0.39, 0.29) is 30.9 Å². The zero-order valence-corrected chi connectivity index (χ0v) is 11.8. The molecule has 1 saturated heterocycles. The molecule has 1 aromatic rings. The summed E-state index contributed by atoms with van der Waals surface area (Å²) in [4.78, 5) is 2.46. The van der Waals surface area contributed by atoms with Crippen molar-refractivity contribution in [3.8, 4) is 0 Å². The summed E-state index contributed by atoms with van der Waals surface area (Å²) in [7, 11) is 1.93. The van der Waals surface area contributed by atoms with E-state index in [0.717, 1.165) is 12.1 Å². The van der Waals surface area contributed by atoms with Crippen molar-refractivity contribution < 1.29 is 0 Å². The molecule has 0 radical (unpaired) electrons. The van der Waals surface area contributed by atoms with E-state index in [1.165, 1.54) is 32.4 Å². The summed E-state index contributed by atoms with van der Waals surface area (Å²) in [6.07, 6.45) is 7.89. The summed E-state index contributed by atoms with van der Waals surface area (Å²) in [5, 5.41) is 4.15. The Morgan fingerprint density at radius 1 is 1.29 bits per heavy atom. The first-order valence-electron chi connectivity index (χ1n) is 5.72. The Labute approximate surface area is 115 Å². The van der Waals surface area contributed by atoms with E-state index in [0.29, 0.717) is 0 Å². The van der Waals surface area contributed by atoms with Gasteiger partial charge in [-0.3, -0.25) is 4.68 Å². The molecule has 2 rings (SSSR count). The lowest BCUT2D eigenvalue weighted by Gasteiger charge is -2.28. The normalized spacial score (nSPS) is 18.0. The van der Waals surface area contributed by atoms with E-state index in [9.17, 15) is 0 Å². The van der Waals surface area contributed by atoms with Crippen LogP contribution in [0, 0.1) is 0 Å². The molecular formula is C11H22Cl2N4. The molecule has 0 saturated carbocycles. The Morgan fingerprint density at radius 3 is 2.47 bits per heavy atom. The minimum absolute atomic E-state index is 0. The standard InChI is InChI=1S/C11H20N4.2ClH/c1-14-8-10(7-13-14)11(12)9-15-5-3-2-4-6-15;;/h7-8,11H,2-6,9,12H2,1H3;2*1H. The van der Waals surface area contributed by atoms with Gasteiger partial charge in [0.1, 0.15) is 0 Å². The van der Waals surface area contributed by atoms with Crippen molar-refractivity contribution in [1.29, 1.82) is 0 Å². The van der Waals surface area contributed by atoms with Crippen LogP contribution in [0.25, 0.3) is 0 Å². The summed E-state index contributed by atoms with van der Waals surface area (Å²) in [6, 6.07) is 0.108. The second kappa shape index (κ2) is 7.93. The van der Waals surface area contributed by atoms with Crippen LogP contribution < -0.4 is 5.73 Å². The van der Waals surface area contributed by atoms with Gasteiger partial charge in [0.2, 0.25) is 0 Å². The van der Waals surface area contributed by atoms with Crippen LogP contribution in [0.3, 0.4) is 0 Å². The number of hydrogen-bond donors (Lipinski definition) is 1. The molecule has 0 aromatic carbocycles. The van der Waals surface area contributed by atoms with Crippen LogP contribution in [0.2, 0.25) is 0 Å². The molecule has 100 valence electrons. The maximum absolute atomic E-state index is 6.14. The third-order valence-corrected chi connectivity index (χ3v) is 3.06. The Balaban J connectivity index is 0.00000128. The highest BCUT2D eigenvalue weighted by atomic mass is 35.5. The molecule has 2 heterocycles. The lowest BCUT2D eigenvalue weighted by Crippen LogP contribution is -2.35. The second-order valence-electron chi connectivity index (χ2n) is 4.42. The van der Waals surface area contributed by atoms with E-state index in [2.05, 4.69) is 10.00 Å². The third-order valence-electron chi connectivity index (χ3n) is 3.06. The molecule has 4 nitrogen and oxygen atoms in total. The first-order chi connectivity index (χ1) is 7.25. The first-order valence-corrected chi connectivity index (χ1v) is 5.72. The van der Waals surface area contributed by atoms with Gasteiger partial charge in [0.15, 0.2) is 0 Å². The van der Waals surface area contributed by atoms with Crippen molar-refractivity contribution in [2.75, 3.05) is 19.6 Å². The minimum Gasteiger partial charge on any atom is -0.323 e. The van der Waals surface area contributed by atoms with Gasteiger partial charge in [-0.05, 0) is 25.9 Å². The average Bonchev–Trinajstić information content (AvgIpc) is 2.66. The monoisotopic (exact) mass is 280 g/mol. The number of aromatic nitrogens is 2. The van der Waals surface area contributed by atoms with Crippen molar-refractivity contribution in [1.82, 2.24) is 14.7 Å². The SMILES string of the molecule is Cl.Cl.Cn1cc(C(N)CN2CCCCC2)cn1. The van der Waals surface area contributed by atoms with Gasteiger partial charge in [-0.2, -0.15) is 5.10 Å². The van der Waals surface area contributed by atoms with Crippen LogP contribution in [0.5, 0.6) is 0 Å². The lowest BCUT2D eigenvalue weighted by molar-refractivity contribution is 0.216. The zero-order valence-electron chi connectivity index (χ0n) is 10.2. The van der Waals surface area contributed by atoms with Gasteiger partial charge in [-0.1, -0.05) is 6.42 Å². The molecule has 17 heavy (non-hydrogen) atoms. The molecule has 2 N–H and O–H groups in total. The third kappa shape index (κ3) is 4.84. The molecule has 1 fully saturated rings. The molecule has 1 unspecified atom stereocenters. The van der Waals surface area contributed by atoms with Crippen molar-refractivity contribution in [3.05, 3.63) is 18.0 Å². The Morgan fingerprint density at radius 2 is 1.94 bits per heavy atom. The summed E-state index contributed by atoms with van der Waals surface area (Å²) in [5.41, 5.74) is 7.29. The van der Waals surface area contributed by atoms with Crippen LogP contribution in [0.1, 0.15) is 30.9 Å². The van der Waals surface area contributed by atoms with E-state index >= 15 is 0 Å². The minimum atomic E-state index is 0. The van der Waals surface area contributed by atoms with E-state index in [1.54, 1.807) is 0 Å². The summed E-state index contributed by atoms with van der Waals surface area (Å²) in [5.74, 6) is 0. The quantitative estimate of drug-likeness (QED) is 0.918. The molecule has 6 heteroatoms. The number of aryl methyl sites for hydroxylation is 1. The Hall–Kier alpha value is -0.290. The smallest absolute Gasteiger partial charge is 0.0537 e. The molecule has 1 atom stereocenters. The van der Waals surface area contributed by atoms with Crippen molar-refractivity contribution in [3.63, 3.8) is 0 Å². The fourth-order valence-electron chi connectivity index (χ4n) is 2.16. The number of piperidine rings is 1. The number of rotatable bonds is 3. The summed E-state index contributed by atoms with van der Waals surface area (Å²) >= 11 is 0. The van der Waals surface area contributed by atoms with Crippen molar-refractivity contribution >= 4 is 24.8 Å². The van der Waals surface area contributed by atoms with Gasteiger partial charge in [0.25, 0.3) is 0 Å². The molecule has 0 aliphatic carbocycles. The second-order valence-corrected chi connectivity index (χ2v) is 4.42. The fraction of sp³-hybridized carbons (Fsp3) is 0.727. The van der Waals surface area contributed by atoms with Crippen LogP contribution in [0.15, 0.2) is 12.4 Å². The topological polar surface area (TPSA) is 47.1 Å². The highest BCUT2D eigenvalue weighted by Crippen LogP contribution is 2.14. The lowest BCUT2D eigenvalue weighted by atomic mass is 10.1. The van der Waals surface area contributed by atoms with Crippen LogP contribution >= 0.6 is 24.8 Å². The fourth-order valence-corrected chi connectivity index (χ4v) is 2.16. The predicted molar refractivity (Wildman–Crippen MR) is 74.9 cm³/mol. The number of hydrogen-bond acceptors (Lipinski definition) is 3. The maximum atomic E-state index is 6.14. The first kappa shape index (κ1) is 16.7. The molecule has 0 bridgehead atoms. The molecular weight excluding hydrogens is 259 g/mol. The highest BCUT2D eigenvalue weighted by Gasteiger charge is 2.15. The van der Waals surface area contributed by atoms with Gasteiger partial charge in [-0.15, -0.1) is 24.8 Å². The largest absolute Gasteiger partial charge is 0.323 e. The molecule has 0 spiro atoms. The number of nitrogens with two attached hydrogens (primary N) is 1. The van der Waals surface area contributed by atoms with Crippen molar-refractivity contribution in [2.45, 2.75) is 25.3 Å². The predicted octanol–water partition coefficient (Wildman–Crippen LogP) is 1.75. The number of nitrogens with zero attached hydrogens (tertiary/aromatic N) is 3. The number of likely N-dealkylation sites (tertiary alicyclic amines) is 1. The Kier molecular flexibility index (Phi) is 7.79. The van der Waals surface area contributed by atoms with Gasteiger partial charge in [0.05, 0.1) is 6.20 Å². The molecule has 1 aliphatic rings. The number of halogens is 2. The van der Waals surface area contributed by atoms with Crippen LogP contribution in [-0.2, 0) is 7.05 Å². The Bertz CT molecular complexity index is 310. The van der Waals surface area contributed by atoms with E-state index in [1.807, 2.05) is 24.1 Å². The van der Waals surface area contributed by atoms with Gasteiger partial charge >= 0.3 is 0 Å². The molecule has 0 amide bonds.